The highest BCUT2D eigenvalue weighted by Gasteiger charge is 2.19. The molecule has 0 aromatic rings. The maximum absolute atomic E-state index is 11.8. The van der Waals surface area contributed by atoms with E-state index in [4.69, 9.17) is 5.73 Å². The average Bonchev–Trinajstić information content (AvgIpc) is 2.46. The highest BCUT2D eigenvalue weighted by atomic mass is 35.5. The van der Waals surface area contributed by atoms with Gasteiger partial charge in [-0.1, -0.05) is 27.2 Å². The van der Waals surface area contributed by atoms with Crippen LogP contribution in [0, 0.1) is 5.92 Å². The van der Waals surface area contributed by atoms with Gasteiger partial charge in [-0.05, 0) is 12.5 Å². The highest BCUT2D eigenvalue weighted by molar-refractivity contribution is 5.86. The zero-order valence-electron chi connectivity index (χ0n) is 13.9. The van der Waals surface area contributed by atoms with E-state index in [-0.39, 0.29) is 55.1 Å². The summed E-state index contributed by atoms with van der Waals surface area (Å²) in [6.45, 7) is 13.5. The van der Waals surface area contributed by atoms with Gasteiger partial charge in [-0.15, -0.1) is 37.2 Å². The third-order valence-corrected chi connectivity index (χ3v) is 4.20. The molecule has 1 amide bonds. The fourth-order valence-electron chi connectivity index (χ4n) is 2.30. The van der Waals surface area contributed by atoms with E-state index >= 15 is 0 Å². The lowest BCUT2D eigenvalue weighted by atomic mass is 9.99. The van der Waals surface area contributed by atoms with Crippen LogP contribution in [0.2, 0.25) is 0 Å². The molecule has 8 heteroatoms. The lowest BCUT2D eigenvalue weighted by molar-refractivity contribution is -0.123. The first-order valence-electron chi connectivity index (χ1n) is 7.56. The second-order valence-corrected chi connectivity index (χ2v) is 5.48. The number of hydrogen-bond acceptors (Lipinski definition) is 4. The van der Waals surface area contributed by atoms with Crippen LogP contribution in [0.3, 0.4) is 0 Å². The van der Waals surface area contributed by atoms with Gasteiger partial charge in [-0.2, -0.15) is 0 Å². The molecule has 0 aromatic heterocycles. The van der Waals surface area contributed by atoms with E-state index in [0.29, 0.717) is 6.54 Å². The van der Waals surface area contributed by atoms with E-state index in [0.717, 1.165) is 45.7 Å². The van der Waals surface area contributed by atoms with Crippen molar-refractivity contribution >= 4 is 43.1 Å². The van der Waals surface area contributed by atoms with Crippen LogP contribution in [0.4, 0.5) is 0 Å². The van der Waals surface area contributed by atoms with Gasteiger partial charge in [0, 0.05) is 39.3 Å². The van der Waals surface area contributed by atoms with Gasteiger partial charge in [-0.25, -0.2) is 0 Å². The molecule has 1 heterocycles. The van der Waals surface area contributed by atoms with Crippen LogP contribution in [-0.2, 0) is 4.79 Å². The topological polar surface area (TPSA) is 61.6 Å². The Morgan fingerprint density at radius 1 is 1.09 bits per heavy atom. The van der Waals surface area contributed by atoms with Crippen LogP contribution in [-0.4, -0.2) is 67.6 Å². The van der Waals surface area contributed by atoms with Gasteiger partial charge < -0.3 is 16.0 Å². The van der Waals surface area contributed by atoms with Gasteiger partial charge in [0.05, 0.1) is 6.04 Å². The SMILES string of the molecule is CCC(C)C(N)C(=O)NCCN1CCN(CC)CC1.Cl.Cl.Cl. The molecule has 0 spiro atoms. The molecule has 0 radical (unpaired) electrons. The summed E-state index contributed by atoms with van der Waals surface area (Å²) in [6, 6.07) is -0.373. The number of carbonyl (C=O) groups is 1. The zero-order chi connectivity index (χ0) is 14.3. The summed E-state index contributed by atoms with van der Waals surface area (Å²) in [4.78, 5) is 16.7. The number of amides is 1. The second kappa shape index (κ2) is 14.8. The first-order chi connectivity index (χ1) is 9.08. The first kappa shape index (κ1) is 27.1. The maximum atomic E-state index is 11.8. The summed E-state index contributed by atoms with van der Waals surface area (Å²) in [5.74, 6) is 0.231. The lowest BCUT2D eigenvalue weighted by Crippen LogP contribution is -2.50. The molecule has 5 nitrogen and oxygen atoms in total. The van der Waals surface area contributed by atoms with E-state index in [1.54, 1.807) is 0 Å². The quantitative estimate of drug-likeness (QED) is 0.701. The molecule has 1 saturated heterocycles. The molecule has 22 heavy (non-hydrogen) atoms. The molecular weight excluding hydrogens is 347 g/mol. The minimum absolute atomic E-state index is 0. The van der Waals surface area contributed by atoms with Crippen molar-refractivity contribution < 1.29 is 4.79 Å². The Hall–Kier alpha value is 0.220. The second-order valence-electron chi connectivity index (χ2n) is 5.48. The van der Waals surface area contributed by atoms with Crippen LogP contribution < -0.4 is 11.1 Å². The number of piperazine rings is 1. The Morgan fingerprint density at radius 3 is 2.05 bits per heavy atom. The molecule has 2 atom stereocenters. The third kappa shape index (κ3) is 9.38. The summed E-state index contributed by atoms with van der Waals surface area (Å²) in [6.07, 6.45) is 0.938. The normalized spacial score (nSPS) is 18.2. The highest BCUT2D eigenvalue weighted by Crippen LogP contribution is 2.05. The van der Waals surface area contributed by atoms with Crippen molar-refractivity contribution in [3.8, 4) is 0 Å². The predicted octanol–water partition coefficient (Wildman–Crippen LogP) is 1.38. The summed E-state index contributed by atoms with van der Waals surface area (Å²) in [7, 11) is 0. The van der Waals surface area contributed by atoms with Gasteiger partial charge in [0.2, 0.25) is 5.91 Å². The molecule has 1 aliphatic rings. The van der Waals surface area contributed by atoms with E-state index < -0.39 is 0 Å². The van der Waals surface area contributed by atoms with Crippen molar-refractivity contribution in [2.75, 3.05) is 45.8 Å². The largest absolute Gasteiger partial charge is 0.353 e. The van der Waals surface area contributed by atoms with E-state index in [1.165, 1.54) is 0 Å². The number of hydrogen-bond donors (Lipinski definition) is 2. The van der Waals surface area contributed by atoms with Gasteiger partial charge in [-0.3, -0.25) is 9.69 Å². The third-order valence-electron chi connectivity index (χ3n) is 4.20. The summed E-state index contributed by atoms with van der Waals surface area (Å²) in [5, 5.41) is 2.95. The van der Waals surface area contributed by atoms with Crippen LogP contribution in [0.25, 0.3) is 0 Å². The molecule has 1 rings (SSSR count). The number of likely N-dealkylation sites (N-methyl/N-ethyl adjacent to an activating group) is 1. The van der Waals surface area contributed by atoms with Crippen molar-refractivity contribution in [3.05, 3.63) is 0 Å². The first-order valence-corrected chi connectivity index (χ1v) is 7.56. The minimum atomic E-state index is -0.373. The van der Waals surface area contributed by atoms with Gasteiger partial charge in [0.25, 0.3) is 0 Å². The van der Waals surface area contributed by atoms with Crippen molar-refractivity contribution in [3.63, 3.8) is 0 Å². The fraction of sp³-hybridized carbons (Fsp3) is 0.929. The van der Waals surface area contributed by atoms with Crippen molar-refractivity contribution in [2.45, 2.75) is 33.2 Å². The Bertz CT molecular complexity index is 277. The molecule has 0 bridgehead atoms. The van der Waals surface area contributed by atoms with E-state index in [1.807, 2.05) is 6.92 Å². The fourth-order valence-corrected chi connectivity index (χ4v) is 2.30. The molecule has 2 unspecified atom stereocenters. The number of nitrogens with zero attached hydrogens (tertiary/aromatic N) is 2. The number of nitrogens with one attached hydrogen (secondary N) is 1. The molecule has 136 valence electrons. The van der Waals surface area contributed by atoms with Crippen molar-refractivity contribution in [2.24, 2.45) is 11.7 Å². The van der Waals surface area contributed by atoms with Crippen LogP contribution >= 0.6 is 37.2 Å². The van der Waals surface area contributed by atoms with Gasteiger partial charge in [0.1, 0.15) is 0 Å². The Balaban J connectivity index is -0.00000120. The van der Waals surface area contributed by atoms with Crippen LogP contribution in [0.15, 0.2) is 0 Å². The van der Waals surface area contributed by atoms with Crippen molar-refractivity contribution in [1.29, 1.82) is 0 Å². The summed E-state index contributed by atoms with van der Waals surface area (Å²) >= 11 is 0. The minimum Gasteiger partial charge on any atom is -0.353 e. The number of carbonyl (C=O) groups excluding carboxylic acids is 1. The smallest absolute Gasteiger partial charge is 0.237 e. The van der Waals surface area contributed by atoms with Crippen LogP contribution in [0.1, 0.15) is 27.2 Å². The molecule has 0 saturated carbocycles. The van der Waals surface area contributed by atoms with Crippen LogP contribution in [0.5, 0.6) is 0 Å². The number of nitrogens with two attached hydrogens (primary N) is 1. The van der Waals surface area contributed by atoms with E-state index in [9.17, 15) is 4.79 Å². The van der Waals surface area contributed by atoms with Gasteiger partial charge in [0.15, 0.2) is 0 Å². The number of halogens is 3. The Morgan fingerprint density at radius 2 is 1.59 bits per heavy atom. The summed E-state index contributed by atoms with van der Waals surface area (Å²) in [5.41, 5.74) is 5.89. The Labute approximate surface area is 154 Å². The maximum Gasteiger partial charge on any atom is 0.237 e. The molecule has 1 fully saturated rings. The standard InChI is InChI=1S/C14H30N4O.3ClH/c1-4-12(3)13(15)14(19)16-6-7-18-10-8-17(5-2)9-11-18;;;/h12-13H,4-11,15H2,1-3H3,(H,16,19);3*1H. The van der Waals surface area contributed by atoms with Crippen molar-refractivity contribution in [1.82, 2.24) is 15.1 Å². The Kier molecular flexibility index (Phi) is 18.2. The summed E-state index contributed by atoms with van der Waals surface area (Å²) < 4.78 is 0. The zero-order valence-corrected chi connectivity index (χ0v) is 16.4. The molecule has 0 aromatic carbocycles. The lowest BCUT2D eigenvalue weighted by Gasteiger charge is -2.34. The average molecular weight is 380 g/mol. The molecule has 0 aliphatic carbocycles. The monoisotopic (exact) mass is 378 g/mol. The van der Waals surface area contributed by atoms with E-state index in [2.05, 4.69) is 29.0 Å². The predicted molar refractivity (Wildman–Crippen MR) is 101 cm³/mol. The molecule has 3 N–H and O–H groups in total. The van der Waals surface area contributed by atoms with Gasteiger partial charge >= 0.3 is 0 Å². The number of rotatable bonds is 7. The molecule has 1 aliphatic heterocycles. The molecular formula is C14H33Cl3N4O.